The molecule has 0 aliphatic carbocycles. The minimum atomic E-state index is -0.00352. The Hall–Kier alpha value is -2.95. The van der Waals surface area contributed by atoms with Gasteiger partial charge in [-0.25, -0.2) is 4.98 Å². The summed E-state index contributed by atoms with van der Waals surface area (Å²) >= 11 is 0. The average Bonchev–Trinajstić information content (AvgIpc) is 2.78. The molecule has 2 aromatic carbocycles. The summed E-state index contributed by atoms with van der Waals surface area (Å²) in [5.74, 6) is 1.01. The van der Waals surface area contributed by atoms with Gasteiger partial charge in [-0.3, -0.25) is 9.78 Å². The Kier molecular flexibility index (Phi) is 6.03. The molecule has 1 saturated heterocycles. The van der Waals surface area contributed by atoms with Crippen molar-refractivity contribution in [2.45, 2.75) is 38.6 Å². The number of fused-ring (bicyclic) bond motifs is 1. The quantitative estimate of drug-likeness (QED) is 0.694. The fourth-order valence-corrected chi connectivity index (χ4v) is 3.96. The molecule has 150 valence electrons. The van der Waals surface area contributed by atoms with Crippen molar-refractivity contribution >= 4 is 22.8 Å². The van der Waals surface area contributed by atoms with Crippen molar-refractivity contribution in [2.75, 3.05) is 18.0 Å². The topological polar surface area (TPSA) is 58.1 Å². The van der Waals surface area contributed by atoms with Crippen LogP contribution in [-0.4, -0.2) is 35.0 Å². The Balaban J connectivity index is 1.34. The van der Waals surface area contributed by atoms with Crippen LogP contribution < -0.4 is 10.2 Å². The summed E-state index contributed by atoms with van der Waals surface area (Å²) in [6, 6.07) is 18.5. The van der Waals surface area contributed by atoms with Crippen LogP contribution in [0.3, 0.4) is 0 Å². The lowest BCUT2D eigenvalue weighted by Crippen LogP contribution is -2.45. The highest BCUT2D eigenvalue weighted by molar-refractivity contribution is 5.80. The van der Waals surface area contributed by atoms with Crippen LogP contribution in [0, 0.1) is 5.92 Å². The summed E-state index contributed by atoms with van der Waals surface area (Å²) in [5, 5.41) is 3.22. The van der Waals surface area contributed by atoms with Crippen LogP contribution in [-0.2, 0) is 11.2 Å². The number of nitrogens with zero attached hydrogens (tertiary/aromatic N) is 3. The van der Waals surface area contributed by atoms with Crippen LogP contribution in [0.1, 0.15) is 31.7 Å². The van der Waals surface area contributed by atoms with Crippen LogP contribution in [0.25, 0.3) is 11.0 Å². The number of carbonyl (C=O) groups is 1. The number of hydrogen-bond acceptors (Lipinski definition) is 4. The Bertz CT molecular complexity index is 959. The van der Waals surface area contributed by atoms with Gasteiger partial charge in [0.15, 0.2) is 0 Å². The number of carbonyl (C=O) groups excluding carboxylic acids is 1. The van der Waals surface area contributed by atoms with Gasteiger partial charge in [0.1, 0.15) is 5.82 Å². The first kappa shape index (κ1) is 19.4. The predicted molar refractivity (Wildman–Crippen MR) is 117 cm³/mol. The first-order valence-electron chi connectivity index (χ1n) is 10.5. The first-order valence-corrected chi connectivity index (χ1v) is 10.5. The minimum absolute atomic E-state index is 0.00352. The summed E-state index contributed by atoms with van der Waals surface area (Å²) < 4.78 is 0. The smallest absolute Gasteiger partial charge is 0.225 e. The molecule has 1 aliphatic heterocycles. The van der Waals surface area contributed by atoms with Gasteiger partial charge in [0.05, 0.1) is 23.1 Å². The number of para-hydroxylation sites is 2. The lowest BCUT2D eigenvalue weighted by Gasteiger charge is -2.33. The maximum absolute atomic E-state index is 12.8. The van der Waals surface area contributed by atoms with Gasteiger partial charge in [-0.1, -0.05) is 42.5 Å². The molecule has 5 nitrogen and oxygen atoms in total. The molecule has 2 atom stereocenters. The molecule has 0 spiro atoms. The molecule has 0 unspecified atom stereocenters. The lowest BCUT2D eigenvalue weighted by atomic mass is 9.96. The van der Waals surface area contributed by atoms with Gasteiger partial charge in [-0.2, -0.15) is 0 Å². The normalized spacial score (nSPS) is 17.8. The third-order valence-corrected chi connectivity index (χ3v) is 5.65. The second-order valence-corrected chi connectivity index (χ2v) is 7.94. The summed E-state index contributed by atoms with van der Waals surface area (Å²) in [4.78, 5) is 24.3. The number of amides is 1. The van der Waals surface area contributed by atoms with E-state index in [-0.39, 0.29) is 17.9 Å². The van der Waals surface area contributed by atoms with Gasteiger partial charge in [-0.15, -0.1) is 0 Å². The maximum atomic E-state index is 12.8. The van der Waals surface area contributed by atoms with E-state index >= 15 is 0 Å². The van der Waals surface area contributed by atoms with E-state index < -0.39 is 0 Å². The number of benzene rings is 2. The van der Waals surface area contributed by atoms with E-state index in [1.807, 2.05) is 36.5 Å². The predicted octanol–water partition coefficient (Wildman–Crippen LogP) is 3.98. The van der Waals surface area contributed by atoms with Crippen molar-refractivity contribution in [1.29, 1.82) is 0 Å². The zero-order chi connectivity index (χ0) is 20.1. The van der Waals surface area contributed by atoms with Crippen molar-refractivity contribution in [3.63, 3.8) is 0 Å². The largest absolute Gasteiger partial charge is 0.355 e. The average molecular weight is 389 g/mol. The molecule has 0 saturated carbocycles. The standard InChI is InChI=1S/C24H28N4O/c1-18(13-14-19-8-3-2-4-9-19)26-24(29)20-10-7-15-28(17-20)23-16-25-21-11-5-6-12-22(21)27-23/h2-6,8-9,11-12,16,18,20H,7,10,13-15,17H2,1H3,(H,26,29)/t18-,20-/m1/s1. The third kappa shape index (κ3) is 4.91. The van der Waals surface area contributed by atoms with Gasteiger partial charge in [0, 0.05) is 19.1 Å². The lowest BCUT2D eigenvalue weighted by molar-refractivity contribution is -0.125. The zero-order valence-corrected chi connectivity index (χ0v) is 16.9. The highest BCUT2D eigenvalue weighted by Gasteiger charge is 2.27. The van der Waals surface area contributed by atoms with Crippen LogP contribution >= 0.6 is 0 Å². The Morgan fingerprint density at radius 2 is 1.90 bits per heavy atom. The van der Waals surface area contributed by atoms with Crippen molar-refractivity contribution in [3.05, 3.63) is 66.4 Å². The number of piperidine rings is 1. The fourth-order valence-electron chi connectivity index (χ4n) is 3.96. The molecule has 0 radical (unpaired) electrons. The molecule has 1 N–H and O–H groups in total. The molecule has 2 heterocycles. The fraction of sp³-hybridized carbons (Fsp3) is 0.375. The Labute approximate surface area is 172 Å². The summed E-state index contributed by atoms with van der Waals surface area (Å²) in [5.41, 5.74) is 3.10. The number of hydrogen-bond donors (Lipinski definition) is 1. The van der Waals surface area contributed by atoms with E-state index in [1.165, 1.54) is 5.56 Å². The molecule has 1 fully saturated rings. The van der Waals surface area contributed by atoms with Crippen molar-refractivity contribution in [2.24, 2.45) is 5.92 Å². The highest BCUT2D eigenvalue weighted by Crippen LogP contribution is 2.23. The molecule has 4 rings (SSSR count). The van der Waals surface area contributed by atoms with Crippen LogP contribution in [0.15, 0.2) is 60.8 Å². The number of nitrogens with one attached hydrogen (secondary N) is 1. The molecule has 3 aromatic rings. The number of rotatable bonds is 6. The Morgan fingerprint density at radius 1 is 1.14 bits per heavy atom. The molecular formula is C24H28N4O. The second-order valence-electron chi connectivity index (χ2n) is 7.94. The summed E-state index contributed by atoms with van der Waals surface area (Å²) in [6.45, 7) is 3.71. The van der Waals surface area contributed by atoms with Gasteiger partial charge < -0.3 is 10.2 Å². The van der Waals surface area contributed by atoms with Crippen LogP contribution in [0.5, 0.6) is 0 Å². The molecule has 1 aliphatic rings. The second kappa shape index (κ2) is 9.03. The van der Waals surface area contributed by atoms with E-state index in [0.717, 1.165) is 49.1 Å². The van der Waals surface area contributed by atoms with Crippen LogP contribution in [0.4, 0.5) is 5.82 Å². The van der Waals surface area contributed by atoms with E-state index in [0.29, 0.717) is 6.54 Å². The minimum Gasteiger partial charge on any atom is -0.355 e. The van der Waals surface area contributed by atoms with Crippen molar-refractivity contribution in [3.8, 4) is 0 Å². The SMILES string of the molecule is C[C@H](CCc1ccccc1)NC(=O)[C@@H]1CCCN(c2cnc3ccccc3n2)C1. The van der Waals surface area contributed by atoms with E-state index in [2.05, 4.69) is 46.4 Å². The Morgan fingerprint density at radius 3 is 2.72 bits per heavy atom. The molecule has 5 heteroatoms. The van der Waals surface area contributed by atoms with Gasteiger partial charge in [0.25, 0.3) is 0 Å². The van der Waals surface area contributed by atoms with E-state index in [9.17, 15) is 4.79 Å². The zero-order valence-electron chi connectivity index (χ0n) is 16.9. The highest BCUT2D eigenvalue weighted by atomic mass is 16.2. The van der Waals surface area contributed by atoms with E-state index in [1.54, 1.807) is 0 Å². The molecule has 1 aromatic heterocycles. The summed E-state index contributed by atoms with van der Waals surface area (Å²) in [6.07, 6.45) is 5.67. The number of anilines is 1. The van der Waals surface area contributed by atoms with Gasteiger partial charge in [0.2, 0.25) is 5.91 Å². The molecule has 1 amide bonds. The summed E-state index contributed by atoms with van der Waals surface area (Å²) in [7, 11) is 0. The first-order chi connectivity index (χ1) is 14.2. The third-order valence-electron chi connectivity index (χ3n) is 5.65. The maximum Gasteiger partial charge on any atom is 0.225 e. The van der Waals surface area contributed by atoms with E-state index in [4.69, 9.17) is 4.98 Å². The molecule has 0 bridgehead atoms. The van der Waals surface area contributed by atoms with Crippen LogP contribution in [0.2, 0.25) is 0 Å². The van der Waals surface area contributed by atoms with Crippen molar-refractivity contribution < 1.29 is 4.79 Å². The van der Waals surface area contributed by atoms with Gasteiger partial charge in [-0.05, 0) is 50.3 Å². The number of aromatic nitrogens is 2. The van der Waals surface area contributed by atoms with Crippen molar-refractivity contribution in [1.82, 2.24) is 15.3 Å². The monoisotopic (exact) mass is 388 g/mol. The number of aryl methyl sites for hydroxylation is 1. The molecule has 29 heavy (non-hydrogen) atoms. The van der Waals surface area contributed by atoms with Gasteiger partial charge >= 0.3 is 0 Å². The molecular weight excluding hydrogens is 360 g/mol.